The normalized spacial score (nSPS) is 12.2. The topological polar surface area (TPSA) is 60.2 Å². The predicted octanol–water partition coefficient (Wildman–Crippen LogP) is 2.95. The lowest BCUT2D eigenvalue weighted by atomic mass is 10.0. The van der Waals surface area contributed by atoms with Gasteiger partial charge in [0.1, 0.15) is 0 Å². The van der Waals surface area contributed by atoms with Gasteiger partial charge in [-0.3, -0.25) is 5.84 Å². The summed E-state index contributed by atoms with van der Waals surface area (Å²) in [6, 6.07) is 8.72. The molecule has 4 nitrogen and oxygen atoms in total. The smallest absolute Gasteiger partial charge is 0.218 e. The number of hydrazine groups is 1. The first kappa shape index (κ1) is 14.1. The minimum Gasteiger partial charge on any atom is -0.481 e. The van der Waals surface area contributed by atoms with E-state index in [4.69, 9.17) is 33.8 Å². The molecule has 6 heteroatoms. The number of aromatic nitrogens is 1. The summed E-state index contributed by atoms with van der Waals surface area (Å²) in [5, 5.41) is 0.931. The maximum absolute atomic E-state index is 6.22. The van der Waals surface area contributed by atoms with Crippen LogP contribution < -0.4 is 16.0 Å². The summed E-state index contributed by atoms with van der Waals surface area (Å²) >= 11 is 12.3. The van der Waals surface area contributed by atoms with Crippen molar-refractivity contribution in [3.8, 4) is 5.88 Å². The number of nitrogens with one attached hydrogen (secondary N) is 1. The highest BCUT2D eigenvalue weighted by Gasteiger charge is 2.20. The van der Waals surface area contributed by atoms with Gasteiger partial charge < -0.3 is 4.74 Å². The van der Waals surface area contributed by atoms with Gasteiger partial charge in [0.05, 0.1) is 23.2 Å². The van der Waals surface area contributed by atoms with Gasteiger partial charge in [0.15, 0.2) is 0 Å². The van der Waals surface area contributed by atoms with E-state index >= 15 is 0 Å². The second-order valence-electron chi connectivity index (χ2n) is 3.84. The van der Waals surface area contributed by atoms with E-state index in [0.29, 0.717) is 15.9 Å². The molecule has 0 saturated heterocycles. The number of methoxy groups -OCH3 is 1. The highest BCUT2D eigenvalue weighted by Crippen LogP contribution is 2.35. The molecule has 0 bridgehead atoms. The highest BCUT2D eigenvalue weighted by molar-refractivity contribution is 6.42. The lowest BCUT2D eigenvalue weighted by Crippen LogP contribution is -2.29. The number of halogens is 2. The second-order valence-corrected chi connectivity index (χ2v) is 4.63. The first-order chi connectivity index (χ1) is 9.19. The van der Waals surface area contributed by atoms with Crippen LogP contribution in [0, 0.1) is 0 Å². The second kappa shape index (κ2) is 6.21. The van der Waals surface area contributed by atoms with Gasteiger partial charge in [0.25, 0.3) is 0 Å². The summed E-state index contributed by atoms with van der Waals surface area (Å²) in [6.45, 7) is 0. The maximum atomic E-state index is 6.22. The molecule has 3 N–H and O–H groups in total. The molecule has 1 aromatic heterocycles. The van der Waals surface area contributed by atoms with Gasteiger partial charge >= 0.3 is 0 Å². The van der Waals surface area contributed by atoms with Crippen LogP contribution in [-0.2, 0) is 0 Å². The van der Waals surface area contributed by atoms with Crippen molar-refractivity contribution in [1.29, 1.82) is 0 Å². The fraction of sp³-hybridized carbons (Fsp3) is 0.154. The summed E-state index contributed by atoms with van der Waals surface area (Å²) in [4.78, 5) is 4.15. The van der Waals surface area contributed by atoms with Crippen LogP contribution in [0.2, 0.25) is 10.0 Å². The van der Waals surface area contributed by atoms with E-state index < -0.39 is 0 Å². The molecule has 1 unspecified atom stereocenters. The minimum absolute atomic E-state index is 0.352. The quantitative estimate of drug-likeness (QED) is 0.673. The zero-order chi connectivity index (χ0) is 13.8. The molecule has 1 atom stereocenters. The number of ether oxygens (including phenoxy) is 1. The average Bonchev–Trinajstić information content (AvgIpc) is 2.45. The van der Waals surface area contributed by atoms with Crippen molar-refractivity contribution < 1.29 is 4.74 Å². The van der Waals surface area contributed by atoms with Gasteiger partial charge in [-0.1, -0.05) is 41.4 Å². The summed E-state index contributed by atoms with van der Waals surface area (Å²) in [5.41, 5.74) is 4.27. The Morgan fingerprint density at radius 3 is 2.63 bits per heavy atom. The zero-order valence-corrected chi connectivity index (χ0v) is 11.7. The van der Waals surface area contributed by atoms with Gasteiger partial charge in [-0.2, -0.15) is 0 Å². The molecule has 2 aromatic rings. The van der Waals surface area contributed by atoms with Crippen LogP contribution in [0.15, 0.2) is 36.5 Å². The average molecular weight is 298 g/mol. The molecule has 0 aliphatic carbocycles. The van der Waals surface area contributed by atoms with Crippen molar-refractivity contribution in [2.24, 2.45) is 5.84 Å². The Labute approximate surface area is 121 Å². The molecule has 0 amide bonds. The van der Waals surface area contributed by atoms with Crippen molar-refractivity contribution in [3.05, 3.63) is 57.7 Å². The minimum atomic E-state index is -0.352. The Bertz CT molecular complexity index is 578. The standard InChI is InChI=1S/C13H13Cl2N3O/c1-19-13-9(5-3-7-17-13)12(18-16)8-4-2-6-10(14)11(8)15/h2-7,12,18H,16H2,1H3. The molecule has 0 fully saturated rings. The lowest BCUT2D eigenvalue weighted by molar-refractivity contribution is 0.387. The van der Waals surface area contributed by atoms with Crippen molar-refractivity contribution in [1.82, 2.24) is 10.4 Å². The van der Waals surface area contributed by atoms with Crippen LogP contribution in [0.25, 0.3) is 0 Å². The molecule has 0 saturated carbocycles. The maximum Gasteiger partial charge on any atom is 0.218 e. The Morgan fingerprint density at radius 1 is 1.21 bits per heavy atom. The fourth-order valence-corrected chi connectivity index (χ4v) is 2.30. The van der Waals surface area contributed by atoms with Crippen LogP contribution in [0.4, 0.5) is 0 Å². The molecule has 1 aromatic carbocycles. The van der Waals surface area contributed by atoms with Gasteiger partial charge in [0, 0.05) is 11.8 Å². The van der Waals surface area contributed by atoms with E-state index in [1.165, 1.54) is 0 Å². The van der Waals surface area contributed by atoms with Crippen molar-refractivity contribution in [2.45, 2.75) is 6.04 Å². The Balaban J connectivity index is 2.53. The third kappa shape index (κ3) is 2.82. The third-order valence-corrected chi connectivity index (χ3v) is 3.60. The SMILES string of the molecule is COc1ncccc1C(NN)c1cccc(Cl)c1Cl. The number of pyridine rings is 1. The van der Waals surface area contributed by atoms with E-state index in [9.17, 15) is 0 Å². The third-order valence-electron chi connectivity index (χ3n) is 2.76. The molecule has 2 rings (SSSR count). The molecule has 19 heavy (non-hydrogen) atoms. The summed E-state index contributed by atoms with van der Waals surface area (Å²) in [5.74, 6) is 6.13. The van der Waals surface area contributed by atoms with Gasteiger partial charge in [-0.05, 0) is 17.7 Å². The molecule has 1 heterocycles. The number of hydrogen-bond donors (Lipinski definition) is 2. The molecule has 0 spiro atoms. The van der Waals surface area contributed by atoms with Gasteiger partial charge in [-0.15, -0.1) is 0 Å². The Morgan fingerprint density at radius 2 is 1.95 bits per heavy atom. The summed E-state index contributed by atoms with van der Waals surface area (Å²) < 4.78 is 5.24. The van der Waals surface area contributed by atoms with Crippen LogP contribution in [0.3, 0.4) is 0 Å². The largest absolute Gasteiger partial charge is 0.481 e. The number of rotatable bonds is 4. The predicted molar refractivity (Wildman–Crippen MR) is 76.4 cm³/mol. The number of benzene rings is 1. The monoisotopic (exact) mass is 297 g/mol. The van der Waals surface area contributed by atoms with Crippen LogP contribution in [0.5, 0.6) is 5.88 Å². The van der Waals surface area contributed by atoms with E-state index in [1.807, 2.05) is 18.2 Å². The van der Waals surface area contributed by atoms with Crippen molar-refractivity contribution in [3.63, 3.8) is 0 Å². The van der Waals surface area contributed by atoms with E-state index in [1.54, 1.807) is 25.4 Å². The summed E-state index contributed by atoms with van der Waals surface area (Å²) in [7, 11) is 1.55. The number of hydrogen-bond acceptors (Lipinski definition) is 4. The van der Waals surface area contributed by atoms with Crippen molar-refractivity contribution >= 4 is 23.2 Å². The molecular weight excluding hydrogens is 285 g/mol. The van der Waals surface area contributed by atoms with E-state index in [-0.39, 0.29) is 6.04 Å². The first-order valence-corrected chi connectivity index (χ1v) is 6.33. The van der Waals surface area contributed by atoms with Gasteiger partial charge in [0.2, 0.25) is 5.88 Å². The van der Waals surface area contributed by atoms with Crippen LogP contribution in [-0.4, -0.2) is 12.1 Å². The molecule has 0 aliphatic heterocycles. The van der Waals surface area contributed by atoms with E-state index in [2.05, 4.69) is 10.4 Å². The molecule has 0 radical (unpaired) electrons. The molecular formula is C13H13Cl2N3O. The first-order valence-electron chi connectivity index (χ1n) is 5.58. The lowest BCUT2D eigenvalue weighted by Gasteiger charge is -2.20. The van der Waals surface area contributed by atoms with Gasteiger partial charge in [-0.25, -0.2) is 10.4 Å². The Hall–Kier alpha value is -1.33. The summed E-state index contributed by atoms with van der Waals surface area (Å²) in [6.07, 6.45) is 1.65. The zero-order valence-electron chi connectivity index (χ0n) is 10.2. The molecule has 0 aliphatic rings. The van der Waals surface area contributed by atoms with Crippen molar-refractivity contribution in [2.75, 3.05) is 7.11 Å². The highest BCUT2D eigenvalue weighted by atomic mass is 35.5. The van der Waals surface area contributed by atoms with E-state index in [0.717, 1.165) is 11.1 Å². The number of nitrogens with zero attached hydrogens (tertiary/aromatic N) is 1. The fourth-order valence-electron chi connectivity index (χ4n) is 1.88. The van der Waals surface area contributed by atoms with Crippen LogP contribution in [0.1, 0.15) is 17.2 Å². The number of nitrogens with two attached hydrogens (primary N) is 1. The van der Waals surface area contributed by atoms with Crippen LogP contribution >= 0.6 is 23.2 Å². The molecule has 100 valence electrons. The Kier molecular flexibility index (Phi) is 4.61.